The van der Waals surface area contributed by atoms with E-state index >= 15 is 0 Å². The Morgan fingerprint density at radius 3 is 2.36 bits per heavy atom. The maximum atomic E-state index is 12.4. The van der Waals surface area contributed by atoms with Gasteiger partial charge in [0.2, 0.25) is 9.84 Å². The molecule has 1 N–H and O–H groups in total. The summed E-state index contributed by atoms with van der Waals surface area (Å²) in [6.07, 6.45) is 1.52. The largest absolute Gasteiger partial charge is 0.507 e. The van der Waals surface area contributed by atoms with Gasteiger partial charge in [-0.15, -0.1) is 0 Å². The van der Waals surface area contributed by atoms with Crippen molar-refractivity contribution >= 4 is 15.9 Å². The lowest BCUT2D eigenvalue weighted by Gasteiger charge is -2.08. The molecule has 22 heavy (non-hydrogen) atoms. The maximum absolute atomic E-state index is 12.4. The first kappa shape index (κ1) is 14.5. The predicted octanol–water partition coefficient (Wildman–Crippen LogP) is 2.61. The third-order valence-corrected chi connectivity index (χ3v) is 5.30. The standard InChI is InChI=1S/C16H14O5S/c1-20-12-5-7-13(8-6-12)21-10-14-9-11-3-2-4-15(17)16(11)22(14,18)19/h2-9,17H,10H2,1H3. The Kier molecular flexibility index (Phi) is 3.54. The van der Waals surface area contributed by atoms with Crippen molar-refractivity contribution in [3.63, 3.8) is 0 Å². The highest BCUT2D eigenvalue weighted by Gasteiger charge is 2.32. The second-order valence-electron chi connectivity index (χ2n) is 4.77. The van der Waals surface area contributed by atoms with E-state index in [4.69, 9.17) is 9.47 Å². The normalized spacial score (nSPS) is 15.0. The van der Waals surface area contributed by atoms with Gasteiger partial charge in [0.15, 0.2) is 0 Å². The van der Waals surface area contributed by atoms with Crippen molar-refractivity contribution in [3.8, 4) is 17.2 Å². The molecule has 0 saturated carbocycles. The van der Waals surface area contributed by atoms with E-state index in [1.807, 2.05) is 0 Å². The number of phenols is 1. The molecule has 0 unspecified atom stereocenters. The van der Waals surface area contributed by atoms with Gasteiger partial charge in [-0.25, -0.2) is 8.42 Å². The van der Waals surface area contributed by atoms with Crippen LogP contribution in [0.25, 0.3) is 6.08 Å². The molecule has 6 heteroatoms. The Hall–Kier alpha value is -2.47. The van der Waals surface area contributed by atoms with Crippen LogP contribution in [-0.2, 0) is 9.84 Å². The Bertz CT molecular complexity index is 835. The molecule has 2 aromatic carbocycles. The second kappa shape index (κ2) is 5.38. The summed E-state index contributed by atoms with van der Waals surface area (Å²) < 4.78 is 35.4. The number of aromatic hydroxyl groups is 1. The minimum atomic E-state index is -3.70. The molecular weight excluding hydrogens is 304 g/mol. The predicted molar refractivity (Wildman–Crippen MR) is 81.8 cm³/mol. The Labute approximate surface area is 128 Å². The van der Waals surface area contributed by atoms with Crippen LogP contribution in [0.15, 0.2) is 52.3 Å². The fourth-order valence-corrected chi connectivity index (χ4v) is 3.82. The second-order valence-corrected chi connectivity index (χ2v) is 6.71. The van der Waals surface area contributed by atoms with Crippen LogP contribution in [0.2, 0.25) is 0 Å². The van der Waals surface area contributed by atoms with E-state index in [0.29, 0.717) is 17.1 Å². The van der Waals surface area contributed by atoms with Crippen LogP contribution in [0.3, 0.4) is 0 Å². The average Bonchev–Trinajstić information content (AvgIpc) is 2.77. The SMILES string of the molecule is COc1ccc(OCC2=Cc3cccc(O)c3S2(=O)=O)cc1. The van der Waals surface area contributed by atoms with Crippen molar-refractivity contribution in [2.24, 2.45) is 0 Å². The molecular formula is C16H14O5S. The fraction of sp³-hybridized carbons (Fsp3) is 0.125. The molecule has 114 valence electrons. The number of fused-ring (bicyclic) bond motifs is 1. The summed E-state index contributed by atoms with van der Waals surface area (Å²) in [6, 6.07) is 11.5. The monoisotopic (exact) mass is 318 g/mol. The van der Waals surface area contributed by atoms with Crippen LogP contribution >= 0.6 is 0 Å². The number of hydrogen-bond acceptors (Lipinski definition) is 5. The first-order chi connectivity index (χ1) is 10.5. The molecule has 1 aliphatic rings. The molecule has 0 aliphatic carbocycles. The minimum Gasteiger partial charge on any atom is -0.507 e. The Balaban J connectivity index is 1.81. The zero-order valence-electron chi connectivity index (χ0n) is 11.8. The highest BCUT2D eigenvalue weighted by Crippen LogP contribution is 2.38. The first-order valence-electron chi connectivity index (χ1n) is 6.57. The van der Waals surface area contributed by atoms with Crippen molar-refractivity contribution in [1.82, 2.24) is 0 Å². The first-order valence-corrected chi connectivity index (χ1v) is 8.05. The third kappa shape index (κ3) is 2.42. The molecule has 0 spiro atoms. The van der Waals surface area contributed by atoms with E-state index < -0.39 is 9.84 Å². The fourth-order valence-electron chi connectivity index (χ4n) is 2.28. The number of benzene rings is 2. The number of rotatable bonds is 4. The third-order valence-electron chi connectivity index (χ3n) is 3.40. The van der Waals surface area contributed by atoms with Crippen LogP contribution in [0.1, 0.15) is 5.56 Å². The number of methoxy groups -OCH3 is 1. The van der Waals surface area contributed by atoms with Gasteiger partial charge in [0.25, 0.3) is 0 Å². The molecule has 2 aromatic rings. The molecule has 0 bridgehead atoms. The van der Waals surface area contributed by atoms with E-state index in [1.165, 1.54) is 12.1 Å². The van der Waals surface area contributed by atoms with Gasteiger partial charge in [-0.05, 0) is 42.0 Å². The number of ether oxygens (including phenoxy) is 2. The van der Waals surface area contributed by atoms with Crippen molar-refractivity contribution in [2.45, 2.75) is 4.90 Å². The zero-order valence-corrected chi connectivity index (χ0v) is 12.6. The molecule has 1 heterocycles. The zero-order chi connectivity index (χ0) is 15.7. The van der Waals surface area contributed by atoms with Gasteiger partial charge in [0.05, 0.1) is 12.0 Å². The highest BCUT2D eigenvalue weighted by atomic mass is 32.2. The summed E-state index contributed by atoms with van der Waals surface area (Å²) in [6.45, 7) is -0.0945. The van der Waals surface area contributed by atoms with E-state index in [0.717, 1.165) is 0 Å². The highest BCUT2D eigenvalue weighted by molar-refractivity contribution is 7.96. The van der Waals surface area contributed by atoms with Gasteiger partial charge >= 0.3 is 0 Å². The topological polar surface area (TPSA) is 72.8 Å². The number of sulfone groups is 1. The lowest BCUT2D eigenvalue weighted by molar-refractivity contribution is 0.357. The number of hydrogen-bond donors (Lipinski definition) is 1. The Morgan fingerprint density at radius 2 is 1.73 bits per heavy atom. The molecule has 0 fully saturated rings. The van der Waals surface area contributed by atoms with Crippen LogP contribution in [0.4, 0.5) is 0 Å². The van der Waals surface area contributed by atoms with Crippen molar-refractivity contribution in [1.29, 1.82) is 0 Å². The lowest BCUT2D eigenvalue weighted by atomic mass is 10.2. The molecule has 0 atom stereocenters. The molecule has 1 aliphatic heterocycles. The van der Waals surface area contributed by atoms with Crippen LogP contribution in [0, 0.1) is 0 Å². The van der Waals surface area contributed by atoms with Gasteiger partial charge in [0.1, 0.15) is 28.8 Å². The van der Waals surface area contributed by atoms with Gasteiger partial charge in [-0.3, -0.25) is 0 Å². The number of phenolic OH excluding ortho intramolecular Hbond substituents is 1. The van der Waals surface area contributed by atoms with Gasteiger partial charge in [0, 0.05) is 0 Å². The summed E-state index contributed by atoms with van der Waals surface area (Å²) in [7, 11) is -2.13. The van der Waals surface area contributed by atoms with Gasteiger partial charge < -0.3 is 14.6 Å². The van der Waals surface area contributed by atoms with E-state index in [9.17, 15) is 13.5 Å². The molecule has 3 rings (SSSR count). The summed E-state index contributed by atoms with van der Waals surface area (Å²) in [5, 5.41) is 9.76. The summed E-state index contributed by atoms with van der Waals surface area (Å²) in [4.78, 5) is 0.0724. The quantitative estimate of drug-likeness (QED) is 0.938. The maximum Gasteiger partial charge on any atom is 0.210 e. The lowest BCUT2D eigenvalue weighted by Crippen LogP contribution is -2.09. The van der Waals surface area contributed by atoms with Crippen molar-refractivity contribution in [3.05, 3.63) is 52.9 Å². The molecule has 5 nitrogen and oxygen atoms in total. The van der Waals surface area contributed by atoms with Gasteiger partial charge in [-0.2, -0.15) is 0 Å². The van der Waals surface area contributed by atoms with Gasteiger partial charge in [-0.1, -0.05) is 12.1 Å². The van der Waals surface area contributed by atoms with Crippen LogP contribution in [0.5, 0.6) is 17.2 Å². The molecule has 0 radical (unpaired) electrons. The minimum absolute atomic E-state index is 0.0525. The summed E-state index contributed by atoms with van der Waals surface area (Å²) in [5.74, 6) is 0.989. The molecule has 0 saturated heterocycles. The van der Waals surface area contributed by atoms with Crippen molar-refractivity contribution in [2.75, 3.05) is 13.7 Å². The molecule has 0 aromatic heterocycles. The van der Waals surface area contributed by atoms with Crippen molar-refractivity contribution < 1.29 is 23.0 Å². The summed E-state index contributed by atoms with van der Waals surface area (Å²) >= 11 is 0. The Morgan fingerprint density at radius 1 is 1.05 bits per heavy atom. The van der Waals surface area contributed by atoms with E-state index in [1.54, 1.807) is 43.5 Å². The van der Waals surface area contributed by atoms with E-state index in [-0.39, 0.29) is 22.2 Å². The van der Waals surface area contributed by atoms with Crippen LogP contribution < -0.4 is 9.47 Å². The summed E-state index contributed by atoms with van der Waals surface area (Å²) in [5.41, 5.74) is 0.480. The smallest absolute Gasteiger partial charge is 0.210 e. The van der Waals surface area contributed by atoms with Crippen LogP contribution in [-0.4, -0.2) is 27.2 Å². The molecule has 0 amide bonds. The average molecular weight is 318 g/mol. The van der Waals surface area contributed by atoms with E-state index in [2.05, 4.69) is 0 Å².